The summed E-state index contributed by atoms with van der Waals surface area (Å²) in [4.78, 5) is 9.80. The molecule has 0 aromatic heterocycles. The SMILES string of the molecule is C1CCOC1.COCCOCC(=O)O. The van der Waals surface area contributed by atoms with Crippen LogP contribution in [0.5, 0.6) is 0 Å². The van der Waals surface area contributed by atoms with Crippen LogP contribution in [0.2, 0.25) is 0 Å². The fourth-order valence-electron chi connectivity index (χ4n) is 0.812. The van der Waals surface area contributed by atoms with Crippen molar-refractivity contribution in [1.29, 1.82) is 0 Å². The van der Waals surface area contributed by atoms with Crippen LogP contribution in [0, 0.1) is 0 Å². The third-order valence-corrected chi connectivity index (χ3v) is 1.48. The zero-order valence-electron chi connectivity index (χ0n) is 8.53. The highest BCUT2D eigenvalue weighted by Crippen LogP contribution is 1.98. The van der Waals surface area contributed by atoms with Gasteiger partial charge in [0.25, 0.3) is 0 Å². The van der Waals surface area contributed by atoms with Crippen molar-refractivity contribution in [3.05, 3.63) is 0 Å². The molecule has 5 heteroatoms. The molecule has 0 atom stereocenters. The van der Waals surface area contributed by atoms with Crippen LogP contribution in [0.4, 0.5) is 0 Å². The third kappa shape index (κ3) is 11.4. The number of carbonyl (C=O) groups is 1. The largest absolute Gasteiger partial charge is 0.480 e. The molecule has 0 amide bonds. The average molecular weight is 206 g/mol. The smallest absolute Gasteiger partial charge is 0.329 e. The van der Waals surface area contributed by atoms with Crippen LogP contribution in [0.3, 0.4) is 0 Å². The van der Waals surface area contributed by atoms with Crippen LogP contribution in [-0.4, -0.2) is 51.2 Å². The lowest BCUT2D eigenvalue weighted by Gasteiger charge is -1.97. The zero-order chi connectivity index (χ0) is 10.6. The van der Waals surface area contributed by atoms with E-state index >= 15 is 0 Å². The van der Waals surface area contributed by atoms with Crippen LogP contribution in [-0.2, 0) is 19.0 Å². The molecule has 1 fully saturated rings. The molecule has 1 heterocycles. The summed E-state index contributed by atoms with van der Waals surface area (Å²) < 4.78 is 14.2. The summed E-state index contributed by atoms with van der Waals surface area (Å²) >= 11 is 0. The molecule has 1 aliphatic rings. The molecule has 0 saturated carbocycles. The second-order valence-corrected chi connectivity index (χ2v) is 2.76. The van der Waals surface area contributed by atoms with Crippen molar-refractivity contribution in [3.8, 4) is 0 Å². The molecule has 0 unspecified atom stereocenters. The van der Waals surface area contributed by atoms with Gasteiger partial charge in [-0.25, -0.2) is 4.79 Å². The van der Waals surface area contributed by atoms with E-state index in [1.54, 1.807) is 0 Å². The Morgan fingerprint density at radius 2 is 2.00 bits per heavy atom. The van der Waals surface area contributed by atoms with Crippen molar-refractivity contribution in [2.75, 3.05) is 40.1 Å². The molecule has 0 aliphatic carbocycles. The maximum Gasteiger partial charge on any atom is 0.329 e. The van der Waals surface area contributed by atoms with Gasteiger partial charge in [-0.2, -0.15) is 0 Å². The minimum Gasteiger partial charge on any atom is -0.480 e. The van der Waals surface area contributed by atoms with Crippen molar-refractivity contribution < 1.29 is 24.1 Å². The number of hydrogen-bond acceptors (Lipinski definition) is 4. The topological polar surface area (TPSA) is 65.0 Å². The third-order valence-electron chi connectivity index (χ3n) is 1.48. The second kappa shape index (κ2) is 10.4. The van der Waals surface area contributed by atoms with Gasteiger partial charge >= 0.3 is 5.97 Å². The van der Waals surface area contributed by atoms with Gasteiger partial charge in [0.05, 0.1) is 13.2 Å². The molecule has 0 spiro atoms. The molecule has 0 aromatic rings. The maximum absolute atomic E-state index is 9.80. The fourth-order valence-corrected chi connectivity index (χ4v) is 0.812. The molecule has 0 bridgehead atoms. The molecule has 1 rings (SSSR count). The summed E-state index contributed by atoms with van der Waals surface area (Å²) in [6, 6.07) is 0. The lowest BCUT2D eigenvalue weighted by molar-refractivity contribution is -0.142. The van der Waals surface area contributed by atoms with E-state index in [-0.39, 0.29) is 6.61 Å². The number of ether oxygens (including phenoxy) is 3. The van der Waals surface area contributed by atoms with E-state index in [0.29, 0.717) is 13.2 Å². The van der Waals surface area contributed by atoms with Crippen molar-refractivity contribution >= 4 is 5.97 Å². The number of aliphatic carboxylic acids is 1. The summed E-state index contributed by atoms with van der Waals surface area (Å²) in [6.45, 7) is 2.53. The lowest BCUT2D eigenvalue weighted by atomic mass is 10.4. The Bertz CT molecular complexity index is 126. The van der Waals surface area contributed by atoms with Crippen LogP contribution < -0.4 is 0 Å². The van der Waals surface area contributed by atoms with E-state index in [0.717, 1.165) is 13.2 Å². The highest BCUT2D eigenvalue weighted by molar-refractivity contribution is 5.67. The summed E-state index contributed by atoms with van der Waals surface area (Å²) in [7, 11) is 1.53. The highest BCUT2D eigenvalue weighted by atomic mass is 16.5. The van der Waals surface area contributed by atoms with Gasteiger partial charge < -0.3 is 19.3 Å². The highest BCUT2D eigenvalue weighted by Gasteiger charge is 1.95. The Labute approximate surface area is 84.0 Å². The molecule has 84 valence electrons. The summed E-state index contributed by atoms with van der Waals surface area (Å²) in [5, 5.41) is 8.05. The number of methoxy groups -OCH3 is 1. The van der Waals surface area contributed by atoms with Crippen molar-refractivity contribution in [3.63, 3.8) is 0 Å². The van der Waals surface area contributed by atoms with E-state index in [9.17, 15) is 4.79 Å². The zero-order valence-corrected chi connectivity index (χ0v) is 8.53. The summed E-state index contributed by atoms with van der Waals surface area (Å²) in [5.41, 5.74) is 0. The predicted octanol–water partition coefficient (Wildman–Crippen LogP) is 0.531. The van der Waals surface area contributed by atoms with Gasteiger partial charge in [0.2, 0.25) is 0 Å². The van der Waals surface area contributed by atoms with Gasteiger partial charge in [0, 0.05) is 20.3 Å². The van der Waals surface area contributed by atoms with Crippen LogP contribution in [0.25, 0.3) is 0 Å². The van der Waals surface area contributed by atoms with E-state index in [4.69, 9.17) is 9.84 Å². The number of carboxylic acids is 1. The predicted molar refractivity (Wildman–Crippen MR) is 50.4 cm³/mol. The molecule has 0 aromatic carbocycles. The van der Waals surface area contributed by atoms with Crippen molar-refractivity contribution in [2.24, 2.45) is 0 Å². The Kier molecular flexibility index (Phi) is 9.95. The molecule has 0 radical (unpaired) electrons. The average Bonchev–Trinajstić information content (AvgIpc) is 2.70. The maximum atomic E-state index is 9.80. The van der Waals surface area contributed by atoms with E-state index in [2.05, 4.69) is 9.47 Å². The molecule has 1 saturated heterocycles. The van der Waals surface area contributed by atoms with Crippen molar-refractivity contribution in [2.45, 2.75) is 12.8 Å². The Hall–Kier alpha value is -0.650. The standard InChI is InChI=1S/C5H10O4.C4H8O/c1-8-2-3-9-4-5(6)7;1-2-4-5-3-1/h2-4H2,1H3,(H,6,7);1-4H2. The number of hydrogen-bond donors (Lipinski definition) is 1. The first-order valence-electron chi connectivity index (χ1n) is 4.63. The second-order valence-electron chi connectivity index (χ2n) is 2.76. The first kappa shape index (κ1) is 13.4. The molecule has 1 aliphatic heterocycles. The summed E-state index contributed by atoms with van der Waals surface area (Å²) in [6.07, 6.45) is 2.56. The normalized spacial score (nSPS) is 14.6. The van der Waals surface area contributed by atoms with E-state index in [1.807, 2.05) is 0 Å². The minimum atomic E-state index is -0.953. The molecular weight excluding hydrogens is 188 g/mol. The first-order valence-corrected chi connectivity index (χ1v) is 4.63. The molecule has 5 nitrogen and oxygen atoms in total. The van der Waals surface area contributed by atoms with Gasteiger partial charge in [-0.05, 0) is 12.8 Å². The van der Waals surface area contributed by atoms with Crippen LogP contribution >= 0.6 is 0 Å². The Morgan fingerprint density at radius 3 is 2.36 bits per heavy atom. The van der Waals surface area contributed by atoms with E-state index in [1.165, 1.54) is 20.0 Å². The van der Waals surface area contributed by atoms with Gasteiger partial charge in [-0.3, -0.25) is 0 Å². The van der Waals surface area contributed by atoms with Gasteiger partial charge in [-0.1, -0.05) is 0 Å². The monoisotopic (exact) mass is 206 g/mol. The first-order chi connectivity index (χ1) is 6.77. The molecular formula is C9H18O5. The lowest BCUT2D eigenvalue weighted by Crippen LogP contribution is -2.10. The number of rotatable bonds is 5. The molecule has 1 N–H and O–H groups in total. The van der Waals surface area contributed by atoms with E-state index < -0.39 is 5.97 Å². The minimum absolute atomic E-state index is 0.247. The van der Waals surface area contributed by atoms with Crippen molar-refractivity contribution in [1.82, 2.24) is 0 Å². The number of carboxylic acid groups (broad SMARTS) is 1. The fraction of sp³-hybridized carbons (Fsp3) is 0.889. The Balaban J connectivity index is 0.000000280. The molecule has 14 heavy (non-hydrogen) atoms. The Morgan fingerprint density at radius 1 is 1.36 bits per heavy atom. The van der Waals surface area contributed by atoms with Gasteiger partial charge in [0.15, 0.2) is 0 Å². The van der Waals surface area contributed by atoms with Gasteiger partial charge in [-0.15, -0.1) is 0 Å². The van der Waals surface area contributed by atoms with Gasteiger partial charge in [0.1, 0.15) is 6.61 Å². The van der Waals surface area contributed by atoms with Crippen LogP contribution in [0.15, 0.2) is 0 Å². The van der Waals surface area contributed by atoms with Crippen LogP contribution in [0.1, 0.15) is 12.8 Å². The quantitative estimate of drug-likeness (QED) is 0.665. The summed E-state index contributed by atoms with van der Waals surface area (Å²) in [5.74, 6) is -0.953.